The number of carbonyl (C=O) groups is 1. The van der Waals surface area contributed by atoms with Gasteiger partial charge in [-0.3, -0.25) is 0 Å². The van der Waals surface area contributed by atoms with Crippen molar-refractivity contribution in [2.24, 2.45) is 5.92 Å². The molecule has 2 aromatic carbocycles. The molecule has 0 unspecified atom stereocenters. The first-order valence-corrected chi connectivity index (χ1v) is 12.8. The molecule has 0 atom stereocenters. The third-order valence-electron chi connectivity index (χ3n) is 6.59. The second-order valence-electron chi connectivity index (χ2n) is 8.99. The Morgan fingerprint density at radius 2 is 1.89 bits per heavy atom. The average molecular weight is 494 g/mol. The van der Waals surface area contributed by atoms with Gasteiger partial charge in [0.05, 0.1) is 11.0 Å². The first-order chi connectivity index (χ1) is 17.0. The lowest BCUT2D eigenvalue weighted by atomic mass is 9.93. The molecule has 1 fully saturated rings. The number of anilines is 1. The van der Waals surface area contributed by atoms with E-state index in [4.69, 9.17) is 10.1 Å². The SMILES string of the molecule is O=C(O)c1csc(NCCN2CCC(Cc3nc4ccccc4n3Cc3ccc(F)cc3)CC2)n1. The zero-order valence-corrected chi connectivity index (χ0v) is 20.2. The first kappa shape index (κ1) is 23.4. The Balaban J connectivity index is 1.17. The number of nitrogens with one attached hydrogen (secondary N) is 1. The predicted octanol–water partition coefficient (Wildman–Crippen LogP) is 4.75. The van der Waals surface area contributed by atoms with Crippen LogP contribution in [0.1, 0.15) is 34.7 Å². The maximum atomic E-state index is 13.4. The first-order valence-electron chi connectivity index (χ1n) is 11.9. The number of aromatic carboxylic acids is 1. The largest absolute Gasteiger partial charge is 0.476 e. The van der Waals surface area contributed by atoms with E-state index >= 15 is 0 Å². The number of rotatable bonds is 9. The minimum atomic E-state index is -0.998. The maximum absolute atomic E-state index is 13.4. The fraction of sp³-hybridized carbons (Fsp3) is 0.346. The Labute approximate surface area is 207 Å². The Morgan fingerprint density at radius 3 is 2.63 bits per heavy atom. The van der Waals surface area contributed by atoms with Crippen molar-refractivity contribution in [3.63, 3.8) is 0 Å². The van der Waals surface area contributed by atoms with Gasteiger partial charge in [-0.15, -0.1) is 11.3 Å². The summed E-state index contributed by atoms with van der Waals surface area (Å²) in [6.07, 6.45) is 3.15. The lowest BCUT2D eigenvalue weighted by Gasteiger charge is -2.31. The number of imidazole rings is 1. The van der Waals surface area contributed by atoms with Crippen LogP contribution in [-0.2, 0) is 13.0 Å². The van der Waals surface area contributed by atoms with E-state index in [1.54, 1.807) is 5.38 Å². The van der Waals surface area contributed by atoms with E-state index in [0.717, 1.165) is 67.9 Å². The zero-order valence-electron chi connectivity index (χ0n) is 19.4. The summed E-state index contributed by atoms with van der Waals surface area (Å²) in [6.45, 7) is 4.38. The van der Waals surface area contributed by atoms with Crippen LogP contribution in [0.25, 0.3) is 11.0 Å². The van der Waals surface area contributed by atoms with Crippen LogP contribution in [0.15, 0.2) is 53.9 Å². The molecule has 3 heterocycles. The number of thiazole rings is 1. The predicted molar refractivity (Wildman–Crippen MR) is 136 cm³/mol. The number of likely N-dealkylation sites (tertiary alicyclic amines) is 1. The molecule has 1 aliphatic heterocycles. The molecule has 4 aromatic rings. The van der Waals surface area contributed by atoms with Crippen molar-refractivity contribution in [2.45, 2.75) is 25.8 Å². The Hall–Kier alpha value is -3.30. The van der Waals surface area contributed by atoms with Crippen molar-refractivity contribution in [1.29, 1.82) is 0 Å². The number of para-hydroxylation sites is 2. The fourth-order valence-electron chi connectivity index (χ4n) is 4.68. The molecule has 0 amide bonds. The molecule has 1 aliphatic rings. The standard InChI is InChI=1S/C26H28FN5O2S/c27-20-7-5-19(6-8-20)16-32-23-4-2-1-3-21(23)29-24(32)15-18-9-12-31(13-10-18)14-11-28-26-30-22(17-35-26)25(33)34/h1-8,17-18H,9-16H2,(H,28,30)(H,33,34). The topological polar surface area (TPSA) is 83.3 Å². The summed E-state index contributed by atoms with van der Waals surface area (Å²) >= 11 is 1.32. The fourth-order valence-corrected chi connectivity index (χ4v) is 5.39. The van der Waals surface area contributed by atoms with Gasteiger partial charge in [-0.1, -0.05) is 24.3 Å². The number of fused-ring (bicyclic) bond motifs is 1. The molecular weight excluding hydrogens is 465 g/mol. The van der Waals surface area contributed by atoms with Crippen LogP contribution in [0.5, 0.6) is 0 Å². The van der Waals surface area contributed by atoms with E-state index in [9.17, 15) is 9.18 Å². The number of piperidine rings is 1. The summed E-state index contributed by atoms with van der Waals surface area (Å²) in [5, 5.41) is 14.4. The lowest BCUT2D eigenvalue weighted by molar-refractivity contribution is 0.0691. The summed E-state index contributed by atoms with van der Waals surface area (Å²) in [5.41, 5.74) is 3.27. The Bertz CT molecular complexity index is 1290. The number of carboxylic acid groups (broad SMARTS) is 1. The van der Waals surface area contributed by atoms with Gasteiger partial charge in [0.15, 0.2) is 10.8 Å². The molecule has 0 saturated carbocycles. The van der Waals surface area contributed by atoms with Gasteiger partial charge in [0.25, 0.3) is 0 Å². The van der Waals surface area contributed by atoms with Crippen molar-refractivity contribution in [2.75, 3.05) is 31.5 Å². The van der Waals surface area contributed by atoms with Crippen LogP contribution in [0.3, 0.4) is 0 Å². The van der Waals surface area contributed by atoms with E-state index in [0.29, 0.717) is 17.6 Å². The van der Waals surface area contributed by atoms with E-state index in [2.05, 4.69) is 31.9 Å². The molecule has 35 heavy (non-hydrogen) atoms. The number of hydrogen-bond donors (Lipinski definition) is 2. The molecule has 0 aliphatic carbocycles. The summed E-state index contributed by atoms with van der Waals surface area (Å²) in [5.74, 6) is 0.444. The molecule has 5 rings (SSSR count). The number of benzene rings is 2. The smallest absolute Gasteiger partial charge is 0.355 e. The van der Waals surface area contributed by atoms with Crippen LogP contribution in [0.4, 0.5) is 9.52 Å². The molecule has 0 radical (unpaired) electrons. The number of hydrogen-bond acceptors (Lipinski definition) is 6. The van der Waals surface area contributed by atoms with E-state index in [1.165, 1.54) is 23.5 Å². The van der Waals surface area contributed by atoms with Gasteiger partial charge < -0.3 is 19.9 Å². The van der Waals surface area contributed by atoms with Gasteiger partial charge in [0.2, 0.25) is 0 Å². The van der Waals surface area contributed by atoms with Gasteiger partial charge in [-0.25, -0.2) is 19.2 Å². The molecule has 9 heteroatoms. The monoisotopic (exact) mass is 493 g/mol. The highest BCUT2D eigenvalue weighted by atomic mass is 32.1. The number of carboxylic acids is 1. The van der Waals surface area contributed by atoms with Crippen molar-refractivity contribution < 1.29 is 14.3 Å². The Kier molecular flexibility index (Phi) is 7.06. The van der Waals surface area contributed by atoms with Crippen LogP contribution < -0.4 is 5.32 Å². The van der Waals surface area contributed by atoms with Crippen molar-refractivity contribution >= 4 is 33.5 Å². The minimum absolute atomic E-state index is 0.0868. The number of nitrogens with zero attached hydrogens (tertiary/aromatic N) is 4. The van der Waals surface area contributed by atoms with Crippen LogP contribution in [0, 0.1) is 11.7 Å². The van der Waals surface area contributed by atoms with Crippen molar-refractivity contribution in [3.8, 4) is 0 Å². The van der Waals surface area contributed by atoms with E-state index in [-0.39, 0.29) is 11.5 Å². The second kappa shape index (κ2) is 10.5. The molecule has 7 nitrogen and oxygen atoms in total. The van der Waals surface area contributed by atoms with Gasteiger partial charge in [-0.2, -0.15) is 0 Å². The summed E-state index contributed by atoms with van der Waals surface area (Å²) in [4.78, 5) is 22.4. The normalized spacial score (nSPS) is 15.0. The third kappa shape index (κ3) is 5.68. The molecule has 2 N–H and O–H groups in total. The molecule has 1 saturated heterocycles. The molecule has 2 aromatic heterocycles. The number of halogens is 1. The highest BCUT2D eigenvalue weighted by Gasteiger charge is 2.22. The molecule has 182 valence electrons. The number of aromatic nitrogens is 3. The average Bonchev–Trinajstić information content (AvgIpc) is 3.47. The molecule has 0 bridgehead atoms. The van der Waals surface area contributed by atoms with Crippen LogP contribution in [0.2, 0.25) is 0 Å². The maximum Gasteiger partial charge on any atom is 0.355 e. The van der Waals surface area contributed by atoms with Gasteiger partial charge >= 0.3 is 5.97 Å². The minimum Gasteiger partial charge on any atom is -0.476 e. The molecule has 0 spiro atoms. The van der Waals surface area contributed by atoms with E-state index in [1.807, 2.05) is 24.3 Å². The highest BCUT2D eigenvalue weighted by Crippen LogP contribution is 2.25. The summed E-state index contributed by atoms with van der Waals surface area (Å²) in [6, 6.07) is 14.9. The Morgan fingerprint density at radius 1 is 1.11 bits per heavy atom. The van der Waals surface area contributed by atoms with Crippen molar-refractivity contribution in [3.05, 3.63) is 76.8 Å². The lowest BCUT2D eigenvalue weighted by Crippen LogP contribution is -2.37. The zero-order chi connectivity index (χ0) is 24.2. The van der Waals surface area contributed by atoms with Crippen LogP contribution in [-0.4, -0.2) is 56.7 Å². The van der Waals surface area contributed by atoms with Crippen LogP contribution >= 0.6 is 11.3 Å². The quantitative estimate of drug-likeness (QED) is 0.350. The van der Waals surface area contributed by atoms with Gasteiger partial charge in [-0.05, 0) is 61.7 Å². The molecular formula is C26H28FN5O2S. The highest BCUT2D eigenvalue weighted by molar-refractivity contribution is 7.13. The van der Waals surface area contributed by atoms with E-state index < -0.39 is 5.97 Å². The van der Waals surface area contributed by atoms with Gasteiger partial charge in [0, 0.05) is 31.4 Å². The van der Waals surface area contributed by atoms with Gasteiger partial charge in [0.1, 0.15) is 11.6 Å². The summed E-state index contributed by atoms with van der Waals surface area (Å²) < 4.78 is 15.7. The summed E-state index contributed by atoms with van der Waals surface area (Å²) in [7, 11) is 0. The van der Waals surface area contributed by atoms with Crippen molar-refractivity contribution in [1.82, 2.24) is 19.4 Å². The second-order valence-corrected chi connectivity index (χ2v) is 9.85. The third-order valence-corrected chi connectivity index (χ3v) is 7.39.